The molecule has 4 nitrogen and oxygen atoms in total. The molecule has 0 aliphatic rings. The number of hydrogen-bond acceptors (Lipinski definition) is 5. The molecule has 0 saturated carbocycles. The van der Waals surface area contributed by atoms with Gasteiger partial charge >= 0.3 is 0 Å². The highest BCUT2D eigenvalue weighted by molar-refractivity contribution is 7.08. The van der Waals surface area contributed by atoms with Gasteiger partial charge in [0, 0.05) is 16.5 Å². The Morgan fingerprint density at radius 3 is 2.53 bits per heavy atom. The van der Waals surface area contributed by atoms with E-state index in [9.17, 15) is 0 Å². The molecule has 0 unspecified atom stereocenters. The Morgan fingerprint density at radius 2 is 2.00 bits per heavy atom. The van der Waals surface area contributed by atoms with E-state index < -0.39 is 5.54 Å². The van der Waals surface area contributed by atoms with Crippen molar-refractivity contribution in [3.63, 3.8) is 0 Å². The largest absolute Gasteiger partial charge is 0.338 e. The summed E-state index contributed by atoms with van der Waals surface area (Å²) in [5, 5.41) is 7.99. The molecule has 2 heterocycles. The molecule has 2 aromatic heterocycles. The minimum absolute atomic E-state index is 0.367. The molecule has 0 amide bonds. The maximum atomic E-state index is 6.15. The third kappa shape index (κ3) is 2.12. The molecule has 0 fully saturated rings. The molecule has 0 spiro atoms. The van der Waals surface area contributed by atoms with E-state index in [0.717, 1.165) is 5.56 Å². The minimum atomic E-state index is -0.425. The molecule has 0 aliphatic carbocycles. The standard InChI is InChI=1S/C12H17N3OS/c1-11(2,12(3,4)13)10-14-9(15-16-10)8-5-6-17-7-8/h5-7H,13H2,1-4H3. The summed E-state index contributed by atoms with van der Waals surface area (Å²) in [6, 6.07) is 1.97. The Morgan fingerprint density at radius 1 is 1.29 bits per heavy atom. The van der Waals surface area contributed by atoms with Crippen molar-refractivity contribution >= 4 is 11.3 Å². The monoisotopic (exact) mass is 251 g/mol. The van der Waals surface area contributed by atoms with Crippen LogP contribution >= 0.6 is 11.3 Å². The highest BCUT2D eigenvalue weighted by Crippen LogP contribution is 2.33. The van der Waals surface area contributed by atoms with Crippen molar-refractivity contribution in [2.24, 2.45) is 5.73 Å². The van der Waals surface area contributed by atoms with Crippen LogP contribution < -0.4 is 5.73 Å². The van der Waals surface area contributed by atoms with E-state index >= 15 is 0 Å². The first-order valence-corrected chi connectivity index (χ1v) is 6.42. The first-order valence-electron chi connectivity index (χ1n) is 5.48. The average molecular weight is 251 g/mol. The van der Waals surface area contributed by atoms with Gasteiger partial charge in [0.1, 0.15) is 0 Å². The molecular formula is C12H17N3OS. The zero-order valence-electron chi connectivity index (χ0n) is 10.5. The fraction of sp³-hybridized carbons (Fsp3) is 0.500. The summed E-state index contributed by atoms with van der Waals surface area (Å²) in [5.41, 5.74) is 6.34. The Kier molecular flexibility index (Phi) is 2.83. The number of thiophene rings is 1. The van der Waals surface area contributed by atoms with Crippen molar-refractivity contribution in [2.45, 2.75) is 38.6 Å². The van der Waals surface area contributed by atoms with Crippen LogP contribution in [0.15, 0.2) is 21.3 Å². The van der Waals surface area contributed by atoms with Crippen LogP contribution in [0.3, 0.4) is 0 Å². The van der Waals surface area contributed by atoms with E-state index in [0.29, 0.717) is 11.7 Å². The Bertz CT molecular complexity index is 494. The number of aromatic nitrogens is 2. The molecule has 17 heavy (non-hydrogen) atoms. The fourth-order valence-corrected chi connectivity index (χ4v) is 1.90. The van der Waals surface area contributed by atoms with Gasteiger partial charge in [-0.15, -0.1) is 0 Å². The number of nitrogens with two attached hydrogens (primary N) is 1. The maximum absolute atomic E-state index is 6.15. The second-order valence-electron chi connectivity index (χ2n) is 5.28. The van der Waals surface area contributed by atoms with E-state index in [4.69, 9.17) is 10.3 Å². The predicted molar refractivity (Wildman–Crippen MR) is 68.9 cm³/mol. The lowest BCUT2D eigenvalue weighted by atomic mass is 9.75. The molecule has 0 aliphatic heterocycles. The SMILES string of the molecule is CC(C)(N)C(C)(C)c1nc(-c2ccsc2)no1. The zero-order valence-corrected chi connectivity index (χ0v) is 11.3. The summed E-state index contributed by atoms with van der Waals surface area (Å²) in [4.78, 5) is 4.44. The fourth-order valence-electron chi connectivity index (χ4n) is 1.26. The number of nitrogens with zero attached hydrogens (tertiary/aromatic N) is 2. The van der Waals surface area contributed by atoms with Crippen LogP contribution in [-0.2, 0) is 5.41 Å². The summed E-state index contributed by atoms with van der Waals surface area (Å²) in [5.74, 6) is 1.20. The molecule has 2 N–H and O–H groups in total. The normalized spacial score (nSPS) is 13.0. The topological polar surface area (TPSA) is 64.9 Å². The molecule has 0 bridgehead atoms. The average Bonchev–Trinajstić information content (AvgIpc) is 2.87. The molecular weight excluding hydrogens is 234 g/mol. The first kappa shape index (κ1) is 12.3. The van der Waals surface area contributed by atoms with Crippen LogP contribution in [0, 0.1) is 0 Å². The molecule has 92 valence electrons. The second-order valence-corrected chi connectivity index (χ2v) is 6.06. The molecule has 0 saturated heterocycles. The van der Waals surface area contributed by atoms with Crippen LogP contribution in [0.5, 0.6) is 0 Å². The number of hydrogen-bond donors (Lipinski definition) is 1. The molecule has 0 aromatic carbocycles. The zero-order chi connectivity index (χ0) is 12.7. The van der Waals surface area contributed by atoms with Crippen LogP contribution in [0.25, 0.3) is 11.4 Å². The summed E-state index contributed by atoms with van der Waals surface area (Å²) in [6.45, 7) is 7.94. The van der Waals surface area contributed by atoms with Gasteiger partial charge in [-0.05, 0) is 39.1 Å². The van der Waals surface area contributed by atoms with Gasteiger partial charge in [-0.2, -0.15) is 16.3 Å². The third-order valence-electron chi connectivity index (χ3n) is 3.35. The minimum Gasteiger partial charge on any atom is -0.338 e. The molecule has 0 radical (unpaired) electrons. The van der Waals surface area contributed by atoms with Crippen molar-refractivity contribution in [1.82, 2.24) is 10.1 Å². The van der Waals surface area contributed by atoms with Gasteiger partial charge in [0.15, 0.2) is 0 Å². The lowest BCUT2D eigenvalue weighted by Gasteiger charge is -2.34. The van der Waals surface area contributed by atoms with Crippen LogP contribution in [0.4, 0.5) is 0 Å². The van der Waals surface area contributed by atoms with Gasteiger partial charge in [-0.3, -0.25) is 0 Å². The summed E-state index contributed by atoms with van der Waals surface area (Å²) >= 11 is 1.61. The van der Waals surface area contributed by atoms with E-state index in [1.165, 1.54) is 0 Å². The molecule has 2 aromatic rings. The summed E-state index contributed by atoms with van der Waals surface area (Å²) < 4.78 is 5.34. The van der Waals surface area contributed by atoms with Gasteiger partial charge in [-0.25, -0.2) is 0 Å². The van der Waals surface area contributed by atoms with Crippen LogP contribution in [-0.4, -0.2) is 15.7 Å². The molecule has 0 atom stereocenters. The van der Waals surface area contributed by atoms with E-state index in [2.05, 4.69) is 10.1 Å². The Balaban J connectivity index is 2.37. The van der Waals surface area contributed by atoms with E-state index in [-0.39, 0.29) is 5.41 Å². The van der Waals surface area contributed by atoms with E-state index in [1.54, 1.807) is 11.3 Å². The summed E-state index contributed by atoms with van der Waals surface area (Å²) in [6.07, 6.45) is 0. The van der Waals surface area contributed by atoms with Gasteiger partial charge < -0.3 is 10.3 Å². The van der Waals surface area contributed by atoms with E-state index in [1.807, 2.05) is 44.5 Å². The lowest BCUT2D eigenvalue weighted by Crippen LogP contribution is -2.50. The lowest BCUT2D eigenvalue weighted by molar-refractivity contribution is 0.223. The van der Waals surface area contributed by atoms with Gasteiger partial charge in [0.25, 0.3) is 0 Å². The second kappa shape index (κ2) is 3.92. The first-order chi connectivity index (χ1) is 7.82. The van der Waals surface area contributed by atoms with Gasteiger partial charge in [0.2, 0.25) is 11.7 Å². The highest BCUT2D eigenvalue weighted by atomic mass is 32.1. The van der Waals surface area contributed by atoms with Crippen molar-refractivity contribution in [2.75, 3.05) is 0 Å². The highest BCUT2D eigenvalue weighted by Gasteiger charge is 2.40. The van der Waals surface area contributed by atoms with Crippen molar-refractivity contribution in [3.8, 4) is 11.4 Å². The molecule has 5 heteroatoms. The third-order valence-corrected chi connectivity index (χ3v) is 4.03. The van der Waals surface area contributed by atoms with Crippen LogP contribution in [0.1, 0.15) is 33.6 Å². The quantitative estimate of drug-likeness (QED) is 0.911. The van der Waals surface area contributed by atoms with Crippen molar-refractivity contribution in [1.29, 1.82) is 0 Å². The van der Waals surface area contributed by atoms with Crippen molar-refractivity contribution < 1.29 is 4.52 Å². The maximum Gasteiger partial charge on any atom is 0.234 e. The predicted octanol–water partition coefficient (Wildman–Crippen LogP) is 2.81. The number of rotatable bonds is 3. The van der Waals surface area contributed by atoms with Crippen molar-refractivity contribution in [3.05, 3.63) is 22.7 Å². The van der Waals surface area contributed by atoms with Gasteiger partial charge in [0.05, 0.1) is 5.41 Å². The molecule has 2 rings (SSSR count). The Labute approximate surface area is 105 Å². The van der Waals surface area contributed by atoms with Crippen LogP contribution in [0.2, 0.25) is 0 Å². The summed E-state index contributed by atoms with van der Waals surface area (Å²) in [7, 11) is 0. The van der Waals surface area contributed by atoms with Gasteiger partial charge in [-0.1, -0.05) is 5.16 Å². The smallest absolute Gasteiger partial charge is 0.234 e. The Hall–Kier alpha value is -1.20.